The lowest BCUT2D eigenvalue weighted by molar-refractivity contribution is 0.0546. The van der Waals surface area contributed by atoms with Gasteiger partial charge in [0.1, 0.15) is 5.75 Å². The molecule has 7 heteroatoms. The molecule has 1 aromatic carbocycles. The van der Waals surface area contributed by atoms with E-state index in [-0.39, 0.29) is 18.4 Å². The molecule has 2 N–H and O–H groups in total. The highest BCUT2D eigenvalue weighted by Gasteiger charge is 2.27. The average molecular weight is 338 g/mol. The maximum absolute atomic E-state index is 6.28. The molecule has 1 atom stereocenters. The first-order chi connectivity index (χ1) is 10.8. The van der Waals surface area contributed by atoms with Crippen LogP contribution < -0.4 is 10.5 Å². The Balaban J connectivity index is 0.00000156. The number of nitrogens with zero attached hydrogens (tertiary/aromatic N) is 2. The van der Waals surface area contributed by atoms with E-state index in [4.69, 9.17) is 19.7 Å². The summed E-state index contributed by atoms with van der Waals surface area (Å²) in [6.45, 7) is 2.25. The van der Waals surface area contributed by atoms with Crippen LogP contribution in [0.25, 0.3) is 11.4 Å². The molecule has 4 rings (SSSR count). The fourth-order valence-corrected chi connectivity index (χ4v) is 3.09. The molecule has 23 heavy (non-hydrogen) atoms. The van der Waals surface area contributed by atoms with Crippen molar-refractivity contribution in [2.45, 2.75) is 25.3 Å². The predicted molar refractivity (Wildman–Crippen MR) is 86.7 cm³/mol. The standard InChI is InChI=1S/C16H19N3O3.ClH/c17-14(10-3-6-20-7-4-10)16-18-15(19-22-16)12-1-2-13-11(9-12)5-8-21-13;/h1-2,9-10,14H,3-8,17H2;1H. The summed E-state index contributed by atoms with van der Waals surface area (Å²) in [4.78, 5) is 4.50. The minimum atomic E-state index is -0.220. The van der Waals surface area contributed by atoms with E-state index in [0.717, 1.165) is 50.4 Å². The number of fused-ring (bicyclic) bond motifs is 1. The van der Waals surface area contributed by atoms with Gasteiger partial charge in [-0.1, -0.05) is 5.16 Å². The Kier molecular flexibility index (Phi) is 4.84. The van der Waals surface area contributed by atoms with E-state index in [9.17, 15) is 0 Å². The van der Waals surface area contributed by atoms with Crippen LogP contribution in [-0.2, 0) is 11.2 Å². The summed E-state index contributed by atoms with van der Waals surface area (Å²) in [6.07, 6.45) is 2.81. The van der Waals surface area contributed by atoms with Crippen LogP contribution in [0, 0.1) is 5.92 Å². The molecule has 0 amide bonds. The van der Waals surface area contributed by atoms with E-state index >= 15 is 0 Å². The van der Waals surface area contributed by atoms with Gasteiger partial charge < -0.3 is 19.7 Å². The van der Waals surface area contributed by atoms with Crippen molar-refractivity contribution in [2.75, 3.05) is 19.8 Å². The van der Waals surface area contributed by atoms with Gasteiger partial charge in [-0.05, 0) is 42.5 Å². The Morgan fingerprint density at radius 2 is 2.00 bits per heavy atom. The van der Waals surface area contributed by atoms with Crippen molar-refractivity contribution in [3.8, 4) is 17.1 Å². The maximum Gasteiger partial charge on any atom is 0.244 e. The van der Waals surface area contributed by atoms with Gasteiger partial charge in [0.05, 0.1) is 12.6 Å². The molecule has 3 heterocycles. The molecular weight excluding hydrogens is 318 g/mol. The van der Waals surface area contributed by atoms with E-state index in [1.54, 1.807) is 0 Å². The topological polar surface area (TPSA) is 83.4 Å². The summed E-state index contributed by atoms with van der Waals surface area (Å²) in [5.74, 6) is 2.40. The summed E-state index contributed by atoms with van der Waals surface area (Å²) in [6, 6.07) is 5.77. The van der Waals surface area contributed by atoms with Gasteiger partial charge in [-0.15, -0.1) is 12.4 Å². The monoisotopic (exact) mass is 337 g/mol. The summed E-state index contributed by atoms with van der Waals surface area (Å²) in [5, 5.41) is 4.09. The van der Waals surface area contributed by atoms with Crippen molar-refractivity contribution in [1.82, 2.24) is 10.1 Å². The lowest BCUT2D eigenvalue weighted by atomic mass is 9.92. The summed E-state index contributed by atoms with van der Waals surface area (Å²) in [7, 11) is 0. The zero-order chi connectivity index (χ0) is 14.9. The molecule has 2 aromatic rings. The minimum Gasteiger partial charge on any atom is -0.493 e. The largest absolute Gasteiger partial charge is 0.493 e. The fourth-order valence-electron chi connectivity index (χ4n) is 3.09. The van der Waals surface area contributed by atoms with Crippen LogP contribution >= 0.6 is 12.4 Å². The quantitative estimate of drug-likeness (QED) is 0.926. The van der Waals surface area contributed by atoms with Crippen LogP contribution in [-0.4, -0.2) is 30.0 Å². The van der Waals surface area contributed by atoms with Crippen LogP contribution in [0.3, 0.4) is 0 Å². The first-order valence-corrected chi connectivity index (χ1v) is 7.74. The van der Waals surface area contributed by atoms with Gasteiger partial charge in [-0.2, -0.15) is 4.98 Å². The Labute approximate surface area is 140 Å². The highest BCUT2D eigenvalue weighted by Crippen LogP contribution is 2.31. The Morgan fingerprint density at radius 3 is 2.83 bits per heavy atom. The molecule has 0 spiro atoms. The van der Waals surface area contributed by atoms with E-state index in [0.29, 0.717) is 17.6 Å². The van der Waals surface area contributed by atoms with E-state index < -0.39 is 0 Å². The van der Waals surface area contributed by atoms with Crippen molar-refractivity contribution >= 4 is 12.4 Å². The highest BCUT2D eigenvalue weighted by atomic mass is 35.5. The van der Waals surface area contributed by atoms with Crippen molar-refractivity contribution < 1.29 is 14.0 Å². The first-order valence-electron chi connectivity index (χ1n) is 7.74. The molecule has 2 aliphatic heterocycles. The number of aromatic nitrogens is 2. The number of hydrogen-bond donors (Lipinski definition) is 1. The molecule has 0 saturated carbocycles. The molecule has 6 nitrogen and oxygen atoms in total. The zero-order valence-corrected chi connectivity index (χ0v) is 13.6. The van der Waals surface area contributed by atoms with Crippen molar-refractivity contribution in [2.24, 2.45) is 11.7 Å². The summed E-state index contributed by atoms with van der Waals surface area (Å²) < 4.78 is 16.3. The lowest BCUT2D eigenvalue weighted by Gasteiger charge is -2.25. The van der Waals surface area contributed by atoms with Crippen molar-refractivity contribution in [3.05, 3.63) is 29.7 Å². The second kappa shape index (κ2) is 6.86. The molecule has 2 aliphatic rings. The second-order valence-electron chi connectivity index (χ2n) is 5.85. The van der Waals surface area contributed by atoms with E-state index in [1.165, 1.54) is 5.56 Å². The van der Waals surface area contributed by atoms with Crippen molar-refractivity contribution in [3.63, 3.8) is 0 Å². The first kappa shape index (κ1) is 16.2. The van der Waals surface area contributed by atoms with Crippen LogP contribution in [0.2, 0.25) is 0 Å². The third-order valence-electron chi connectivity index (χ3n) is 4.45. The lowest BCUT2D eigenvalue weighted by Crippen LogP contribution is -2.27. The van der Waals surface area contributed by atoms with Crippen molar-refractivity contribution in [1.29, 1.82) is 0 Å². The number of hydrogen-bond acceptors (Lipinski definition) is 6. The van der Waals surface area contributed by atoms with Crippen LogP contribution in [0.1, 0.15) is 30.3 Å². The number of halogens is 1. The maximum atomic E-state index is 6.28. The molecule has 0 bridgehead atoms. The number of ether oxygens (including phenoxy) is 2. The second-order valence-corrected chi connectivity index (χ2v) is 5.85. The van der Waals surface area contributed by atoms with Gasteiger partial charge in [-0.3, -0.25) is 0 Å². The molecule has 124 valence electrons. The van der Waals surface area contributed by atoms with E-state index in [1.807, 2.05) is 12.1 Å². The smallest absolute Gasteiger partial charge is 0.244 e. The SMILES string of the molecule is Cl.NC(c1nc(-c2ccc3c(c2)CCO3)no1)C1CCOCC1. The van der Waals surface area contributed by atoms with Gasteiger partial charge in [0.25, 0.3) is 0 Å². The molecule has 1 saturated heterocycles. The van der Waals surface area contributed by atoms with Gasteiger partial charge in [0.2, 0.25) is 11.7 Å². The Bertz CT molecular complexity index is 670. The number of rotatable bonds is 3. The Morgan fingerprint density at radius 1 is 1.17 bits per heavy atom. The van der Waals surface area contributed by atoms with Gasteiger partial charge in [0, 0.05) is 25.2 Å². The molecule has 0 aliphatic carbocycles. The van der Waals surface area contributed by atoms with Gasteiger partial charge in [-0.25, -0.2) is 0 Å². The van der Waals surface area contributed by atoms with Gasteiger partial charge in [0.15, 0.2) is 0 Å². The van der Waals surface area contributed by atoms with Crippen LogP contribution in [0.15, 0.2) is 22.7 Å². The summed E-state index contributed by atoms with van der Waals surface area (Å²) >= 11 is 0. The van der Waals surface area contributed by atoms with Gasteiger partial charge >= 0.3 is 0 Å². The van der Waals surface area contributed by atoms with Crippen LogP contribution in [0.5, 0.6) is 5.75 Å². The number of nitrogens with two attached hydrogens (primary N) is 1. The minimum absolute atomic E-state index is 0. The highest BCUT2D eigenvalue weighted by molar-refractivity contribution is 5.85. The van der Waals surface area contributed by atoms with Crippen LogP contribution in [0.4, 0.5) is 0 Å². The number of benzene rings is 1. The Hall–Kier alpha value is -1.63. The third-order valence-corrected chi connectivity index (χ3v) is 4.45. The molecule has 1 unspecified atom stereocenters. The fraction of sp³-hybridized carbons (Fsp3) is 0.500. The third kappa shape index (κ3) is 3.20. The average Bonchev–Trinajstić information content (AvgIpc) is 3.23. The molecule has 1 aromatic heterocycles. The molecule has 0 radical (unpaired) electrons. The molecular formula is C16H20ClN3O3. The van der Waals surface area contributed by atoms with E-state index in [2.05, 4.69) is 16.2 Å². The summed E-state index contributed by atoms with van der Waals surface area (Å²) in [5.41, 5.74) is 8.41. The predicted octanol–water partition coefficient (Wildman–Crippen LogP) is 2.52. The normalized spacial score (nSPS) is 18.8. The zero-order valence-electron chi connectivity index (χ0n) is 12.7. The molecule has 1 fully saturated rings.